The van der Waals surface area contributed by atoms with Gasteiger partial charge in [-0.1, -0.05) is 38.0 Å². The largest absolute Gasteiger partial charge is 0.494 e. The summed E-state index contributed by atoms with van der Waals surface area (Å²) in [5.41, 5.74) is 0. The molecule has 0 fully saturated rings. The van der Waals surface area contributed by atoms with Gasteiger partial charge >= 0.3 is 0 Å². The number of aliphatic hydroxyl groups excluding tert-OH is 1. The first-order chi connectivity index (χ1) is 8.35. The summed E-state index contributed by atoms with van der Waals surface area (Å²) < 4.78 is 5.51. The molecule has 0 saturated carbocycles. The maximum Gasteiger partial charge on any atom is 0.119 e. The molecule has 0 spiro atoms. The van der Waals surface area contributed by atoms with Gasteiger partial charge in [-0.3, -0.25) is 0 Å². The molecule has 0 aliphatic rings. The van der Waals surface area contributed by atoms with E-state index in [0.717, 1.165) is 18.8 Å². The molecule has 0 amide bonds. The van der Waals surface area contributed by atoms with Crippen LogP contribution in [0.2, 0.25) is 0 Å². The third-order valence-electron chi connectivity index (χ3n) is 1.76. The second-order valence-electron chi connectivity index (χ2n) is 3.18. The summed E-state index contributed by atoms with van der Waals surface area (Å²) in [6.07, 6.45) is 3.66. The van der Waals surface area contributed by atoms with Crippen LogP contribution in [0.1, 0.15) is 33.1 Å². The van der Waals surface area contributed by atoms with Gasteiger partial charge in [-0.05, 0) is 25.5 Å². The Morgan fingerprint density at radius 3 is 2.12 bits per heavy atom. The molecule has 0 saturated heterocycles. The minimum Gasteiger partial charge on any atom is -0.494 e. The first-order valence-corrected chi connectivity index (χ1v) is 5.92. The number of hydrogen-bond donors (Lipinski definition) is 1. The van der Waals surface area contributed by atoms with Crippen LogP contribution in [0, 0.1) is 0 Å². The molecule has 0 atom stereocenters. The molecule has 0 heterocycles. The van der Waals surface area contributed by atoms with Crippen molar-refractivity contribution in [2.75, 3.05) is 13.2 Å². The van der Waals surface area contributed by atoms with Crippen molar-refractivity contribution in [3.05, 3.63) is 30.3 Å². The monoisotopic (exact) mass is 240 g/mol. The molecule has 0 aliphatic carbocycles. The zero-order chi connectivity index (χ0) is 13.4. The number of ether oxygens (including phenoxy) is 1. The van der Waals surface area contributed by atoms with Gasteiger partial charge in [0.2, 0.25) is 0 Å². The summed E-state index contributed by atoms with van der Waals surface area (Å²) in [6, 6.07) is 9.97. The fraction of sp³-hybridized carbons (Fsp3) is 0.500. The first-order valence-electron chi connectivity index (χ1n) is 5.92. The molecule has 3 heteroatoms. The van der Waals surface area contributed by atoms with E-state index in [-0.39, 0.29) is 6.61 Å². The van der Waals surface area contributed by atoms with Crippen LogP contribution in [-0.2, 0) is 4.79 Å². The summed E-state index contributed by atoms with van der Waals surface area (Å²) >= 11 is 0. The number of aliphatic hydroxyl groups is 1. The lowest BCUT2D eigenvalue weighted by molar-refractivity contribution is -0.0979. The molecular weight excluding hydrogens is 216 g/mol. The lowest BCUT2D eigenvalue weighted by Gasteiger charge is -2.04. The van der Waals surface area contributed by atoms with E-state index >= 15 is 0 Å². The number of hydrogen-bond acceptors (Lipinski definition) is 3. The Morgan fingerprint density at radius 2 is 1.65 bits per heavy atom. The highest BCUT2D eigenvalue weighted by atomic mass is 16.5. The van der Waals surface area contributed by atoms with Gasteiger partial charge in [-0.15, -0.1) is 0 Å². The van der Waals surface area contributed by atoms with E-state index in [4.69, 9.17) is 14.6 Å². The lowest BCUT2D eigenvalue weighted by Crippen LogP contribution is -1.96. The molecule has 1 rings (SSSR count). The second kappa shape index (κ2) is 17.1. The van der Waals surface area contributed by atoms with E-state index in [0.29, 0.717) is 0 Å². The van der Waals surface area contributed by atoms with Crippen molar-refractivity contribution < 1.29 is 14.6 Å². The average molecular weight is 240 g/mol. The van der Waals surface area contributed by atoms with Gasteiger partial charge in [0.25, 0.3) is 0 Å². The molecule has 98 valence electrons. The Kier molecular flexibility index (Phi) is 18.1. The van der Waals surface area contributed by atoms with Crippen LogP contribution in [0.3, 0.4) is 0 Å². The number of carbonyl (C=O) groups is 1. The standard InChI is InChI=1S/C11H16O.C2H6O.CH2O/c1-2-3-7-10-12-11-8-5-4-6-9-11;1-2-3;1-2/h4-6,8-9H,2-3,7,10H2,1H3;3H,2H2,1H3;1H2. The lowest BCUT2D eigenvalue weighted by atomic mass is 10.3. The molecule has 0 unspecified atom stereocenters. The topological polar surface area (TPSA) is 46.5 Å². The maximum absolute atomic E-state index is 8.00. The average Bonchev–Trinajstić information content (AvgIpc) is 2.39. The molecule has 0 aromatic heterocycles. The number of unbranched alkanes of at least 4 members (excludes halogenated alkanes) is 2. The first kappa shape index (κ1) is 18.0. The van der Waals surface area contributed by atoms with E-state index < -0.39 is 0 Å². The Labute approximate surface area is 104 Å². The van der Waals surface area contributed by atoms with E-state index in [1.165, 1.54) is 12.8 Å². The van der Waals surface area contributed by atoms with E-state index in [9.17, 15) is 0 Å². The summed E-state index contributed by atoms with van der Waals surface area (Å²) in [4.78, 5) is 8.00. The van der Waals surface area contributed by atoms with E-state index in [1.54, 1.807) is 6.92 Å². The summed E-state index contributed by atoms with van der Waals surface area (Å²) in [5, 5.41) is 7.57. The highest BCUT2D eigenvalue weighted by Crippen LogP contribution is 2.08. The Balaban J connectivity index is 0. The highest BCUT2D eigenvalue weighted by Gasteiger charge is 1.89. The van der Waals surface area contributed by atoms with Crippen LogP contribution in [0.4, 0.5) is 0 Å². The molecule has 0 radical (unpaired) electrons. The molecule has 1 N–H and O–H groups in total. The SMILES string of the molecule is C=O.CCCCCOc1ccccc1.CCO. The van der Waals surface area contributed by atoms with Crippen LogP contribution in [0.25, 0.3) is 0 Å². The Hall–Kier alpha value is -1.35. The second-order valence-corrected chi connectivity index (χ2v) is 3.18. The van der Waals surface area contributed by atoms with E-state index in [2.05, 4.69) is 6.92 Å². The molecular formula is C14H24O3. The van der Waals surface area contributed by atoms with Gasteiger partial charge in [-0.25, -0.2) is 0 Å². The van der Waals surface area contributed by atoms with Crippen molar-refractivity contribution in [2.45, 2.75) is 33.1 Å². The summed E-state index contributed by atoms with van der Waals surface area (Å²) in [7, 11) is 0. The number of benzene rings is 1. The fourth-order valence-electron chi connectivity index (χ4n) is 1.06. The number of carbonyl (C=O) groups excluding carboxylic acids is 1. The number of rotatable bonds is 5. The molecule has 17 heavy (non-hydrogen) atoms. The predicted octanol–water partition coefficient (Wildman–Crippen LogP) is 3.07. The number of para-hydroxylation sites is 1. The zero-order valence-electron chi connectivity index (χ0n) is 10.9. The zero-order valence-corrected chi connectivity index (χ0v) is 10.9. The molecule has 1 aromatic rings. The van der Waals surface area contributed by atoms with Gasteiger partial charge in [-0.2, -0.15) is 0 Å². The van der Waals surface area contributed by atoms with Crippen LogP contribution in [0.15, 0.2) is 30.3 Å². The minimum absolute atomic E-state index is 0.250. The van der Waals surface area contributed by atoms with Crippen molar-refractivity contribution in [1.82, 2.24) is 0 Å². The van der Waals surface area contributed by atoms with Crippen LogP contribution in [-0.4, -0.2) is 25.1 Å². The molecule has 1 aromatic carbocycles. The highest BCUT2D eigenvalue weighted by molar-refractivity contribution is 5.20. The van der Waals surface area contributed by atoms with Crippen molar-refractivity contribution in [3.8, 4) is 5.75 Å². The minimum atomic E-state index is 0.250. The van der Waals surface area contributed by atoms with E-state index in [1.807, 2.05) is 37.1 Å². The van der Waals surface area contributed by atoms with Gasteiger partial charge in [0.15, 0.2) is 0 Å². The van der Waals surface area contributed by atoms with Crippen molar-refractivity contribution in [3.63, 3.8) is 0 Å². The predicted molar refractivity (Wildman–Crippen MR) is 71.3 cm³/mol. The Bertz CT molecular complexity index is 224. The van der Waals surface area contributed by atoms with Crippen molar-refractivity contribution >= 4 is 6.79 Å². The molecule has 3 nitrogen and oxygen atoms in total. The summed E-state index contributed by atoms with van der Waals surface area (Å²) in [6.45, 7) is 6.97. The van der Waals surface area contributed by atoms with Crippen molar-refractivity contribution in [1.29, 1.82) is 0 Å². The third-order valence-corrected chi connectivity index (χ3v) is 1.76. The van der Waals surface area contributed by atoms with Crippen LogP contribution < -0.4 is 4.74 Å². The fourth-order valence-corrected chi connectivity index (χ4v) is 1.06. The molecule has 0 bridgehead atoms. The quantitative estimate of drug-likeness (QED) is 0.804. The van der Waals surface area contributed by atoms with Crippen LogP contribution in [0.5, 0.6) is 5.75 Å². The third kappa shape index (κ3) is 14.7. The van der Waals surface area contributed by atoms with Gasteiger partial charge in [0.1, 0.15) is 12.5 Å². The van der Waals surface area contributed by atoms with Gasteiger partial charge < -0.3 is 14.6 Å². The normalized spacial score (nSPS) is 8.18. The maximum atomic E-state index is 8.00. The van der Waals surface area contributed by atoms with Gasteiger partial charge in [0.05, 0.1) is 6.61 Å². The smallest absolute Gasteiger partial charge is 0.119 e. The van der Waals surface area contributed by atoms with Crippen LogP contribution >= 0.6 is 0 Å². The van der Waals surface area contributed by atoms with Crippen molar-refractivity contribution in [2.24, 2.45) is 0 Å². The summed E-state index contributed by atoms with van der Waals surface area (Å²) in [5.74, 6) is 0.980. The molecule has 0 aliphatic heterocycles. The Morgan fingerprint density at radius 1 is 1.12 bits per heavy atom. The van der Waals surface area contributed by atoms with Gasteiger partial charge in [0, 0.05) is 6.61 Å².